The lowest BCUT2D eigenvalue weighted by atomic mass is 9.55. The van der Waals surface area contributed by atoms with Crippen molar-refractivity contribution in [2.24, 2.45) is 0 Å². The predicted octanol–water partition coefficient (Wildman–Crippen LogP) is 6.58. The molecule has 2 nitrogen and oxygen atoms in total. The van der Waals surface area contributed by atoms with E-state index in [0.717, 1.165) is 33.3 Å². The van der Waals surface area contributed by atoms with Gasteiger partial charge in [-0.3, -0.25) is 4.98 Å². The minimum Gasteiger partial charge on any atom is -0.415 e. The normalized spacial score (nSPS) is 12.1. The minimum absolute atomic E-state index is 0.378. The average molecular weight is 472 g/mol. The highest BCUT2D eigenvalue weighted by Gasteiger charge is 2.27. The van der Waals surface area contributed by atoms with Crippen LogP contribution in [-0.2, 0) is 4.65 Å². The molecule has 4 rings (SSSR count). The van der Waals surface area contributed by atoms with Gasteiger partial charge in [-0.1, -0.05) is 96.0 Å². The van der Waals surface area contributed by atoms with Crippen molar-refractivity contribution >= 4 is 47.1 Å². The summed E-state index contributed by atoms with van der Waals surface area (Å²) in [5, 5.41) is 1.40. The second-order valence-electron chi connectivity index (χ2n) is 7.98. The number of pyridine rings is 1. The Hall–Kier alpha value is -2.85. The number of halogens is 2. The van der Waals surface area contributed by atoms with Crippen molar-refractivity contribution in [3.8, 4) is 0 Å². The average Bonchev–Trinajstić information content (AvgIpc) is 2.84. The molecule has 33 heavy (non-hydrogen) atoms. The lowest BCUT2D eigenvalue weighted by molar-refractivity contribution is 0.263. The largest absolute Gasteiger partial charge is 0.415 e. The molecule has 0 radical (unpaired) electrons. The van der Waals surface area contributed by atoms with Crippen LogP contribution < -0.4 is 10.9 Å². The first-order chi connectivity index (χ1) is 16.0. The molecule has 3 aromatic carbocycles. The van der Waals surface area contributed by atoms with E-state index >= 15 is 0 Å². The monoisotopic (exact) mass is 471 g/mol. The molecule has 1 heterocycles. The van der Waals surface area contributed by atoms with Gasteiger partial charge < -0.3 is 4.65 Å². The quantitative estimate of drug-likeness (QED) is 0.284. The number of aromatic nitrogens is 1. The number of benzene rings is 3. The van der Waals surface area contributed by atoms with Gasteiger partial charge in [-0.05, 0) is 65.7 Å². The maximum absolute atomic E-state index is 6.75. The topological polar surface area (TPSA) is 22.1 Å². The van der Waals surface area contributed by atoms with Gasteiger partial charge in [0.1, 0.15) is 6.10 Å². The molecule has 1 unspecified atom stereocenters. The Morgan fingerprint density at radius 3 is 1.94 bits per heavy atom. The summed E-state index contributed by atoms with van der Waals surface area (Å²) in [7, 11) is 0. The maximum atomic E-state index is 6.75. The van der Waals surface area contributed by atoms with Crippen molar-refractivity contribution < 1.29 is 4.65 Å². The van der Waals surface area contributed by atoms with E-state index in [-0.39, 0.29) is 13.0 Å². The molecule has 0 bridgehead atoms. The Balaban J connectivity index is 1.77. The first-order valence-corrected chi connectivity index (χ1v) is 11.6. The Morgan fingerprint density at radius 1 is 0.788 bits per heavy atom. The molecule has 0 saturated carbocycles. The zero-order valence-corrected chi connectivity index (χ0v) is 20.1. The van der Waals surface area contributed by atoms with Gasteiger partial charge in [0, 0.05) is 16.2 Å². The number of aryl methyl sites for hydroxylation is 2. The molecule has 5 heteroatoms. The molecule has 1 atom stereocenters. The summed E-state index contributed by atoms with van der Waals surface area (Å²) in [5.41, 5.74) is 5.87. The van der Waals surface area contributed by atoms with Gasteiger partial charge in [-0.25, -0.2) is 0 Å². The Bertz CT molecular complexity index is 1190. The molecule has 0 amide bonds. The lowest BCUT2D eigenvalue weighted by Crippen LogP contribution is -2.45. The van der Waals surface area contributed by atoms with Gasteiger partial charge in [0.15, 0.2) is 0 Å². The van der Waals surface area contributed by atoms with Crippen molar-refractivity contribution in [2.75, 3.05) is 0 Å². The van der Waals surface area contributed by atoms with Crippen LogP contribution in [0.5, 0.6) is 0 Å². The fraction of sp³-hybridized carbons (Fsp3) is 0.107. The second-order valence-corrected chi connectivity index (χ2v) is 8.79. The van der Waals surface area contributed by atoms with E-state index in [4.69, 9.17) is 27.9 Å². The fourth-order valence-electron chi connectivity index (χ4n) is 3.56. The molecule has 0 aliphatic heterocycles. The Morgan fingerprint density at radius 2 is 1.39 bits per heavy atom. The van der Waals surface area contributed by atoms with Crippen LogP contribution in [0.2, 0.25) is 10.0 Å². The predicted molar refractivity (Wildman–Crippen MR) is 141 cm³/mol. The lowest BCUT2D eigenvalue weighted by Gasteiger charge is -2.22. The van der Waals surface area contributed by atoms with E-state index in [9.17, 15) is 0 Å². The molecule has 4 aromatic rings. The van der Waals surface area contributed by atoms with Crippen molar-refractivity contribution in [1.82, 2.24) is 4.98 Å². The van der Waals surface area contributed by atoms with E-state index in [1.165, 1.54) is 0 Å². The first-order valence-electron chi connectivity index (χ1n) is 10.8. The fourth-order valence-corrected chi connectivity index (χ4v) is 3.94. The molecule has 0 aliphatic carbocycles. The van der Waals surface area contributed by atoms with Crippen LogP contribution in [0.1, 0.15) is 28.5 Å². The molecule has 0 spiro atoms. The molecular formula is C28H24BCl2NO. The van der Waals surface area contributed by atoms with Crippen molar-refractivity contribution in [3.05, 3.63) is 130 Å². The third-order valence-corrected chi connectivity index (χ3v) is 6.34. The van der Waals surface area contributed by atoms with Crippen molar-refractivity contribution in [1.29, 1.82) is 0 Å². The van der Waals surface area contributed by atoms with E-state index < -0.39 is 0 Å². The summed E-state index contributed by atoms with van der Waals surface area (Å²) >= 11 is 13.0. The smallest absolute Gasteiger partial charge is 0.362 e. The SMILES string of the molecule is Cc1ccc(B(OC(C=Cc2ccccc2)c2ccccn2)c2ccc(C)c(Cl)c2)cc1Cl. The third-order valence-electron chi connectivity index (χ3n) is 5.52. The zero-order valence-electron chi connectivity index (χ0n) is 18.6. The molecule has 0 fully saturated rings. The Labute approximate surface area is 206 Å². The van der Waals surface area contributed by atoms with Crippen molar-refractivity contribution in [2.45, 2.75) is 20.0 Å². The van der Waals surface area contributed by atoms with Crippen LogP contribution in [-0.4, -0.2) is 11.9 Å². The maximum Gasteiger partial charge on any atom is 0.362 e. The van der Waals surface area contributed by atoms with Gasteiger partial charge in [0.05, 0.1) is 5.69 Å². The van der Waals surface area contributed by atoms with E-state index in [0.29, 0.717) is 10.0 Å². The molecule has 164 valence electrons. The minimum atomic E-state index is -0.381. The van der Waals surface area contributed by atoms with Crippen LogP contribution in [0, 0.1) is 13.8 Å². The third kappa shape index (κ3) is 5.94. The van der Waals surface area contributed by atoms with Gasteiger partial charge in [-0.15, -0.1) is 0 Å². The van der Waals surface area contributed by atoms with Crippen molar-refractivity contribution in [3.63, 3.8) is 0 Å². The number of hydrogen-bond donors (Lipinski definition) is 0. The molecule has 0 N–H and O–H groups in total. The molecule has 1 aromatic heterocycles. The highest BCUT2D eigenvalue weighted by Crippen LogP contribution is 2.22. The highest BCUT2D eigenvalue weighted by atomic mass is 35.5. The van der Waals surface area contributed by atoms with Crippen LogP contribution in [0.4, 0.5) is 0 Å². The molecule has 0 aliphatic rings. The summed E-state index contributed by atoms with van der Waals surface area (Å²) in [5.74, 6) is 0. The van der Waals surface area contributed by atoms with Crippen LogP contribution in [0.25, 0.3) is 6.08 Å². The van der Waals surface area contributed by atoms with E-state index in [1.54, 1.807) is 6.20 Å². The first kappa shape index (κ1) is 23.3. The number of hydrogen-bond acceptors (Lipinski definition) is 2. The standard InChI is InChI=1S/C28H24BCl2NO/c1-20-11-14-23(18-25(20)30)29(24-15-12-21(2)26(31)19-24)33-28(27-10-6-7-17-32-27)16-13-22-8-4-3-5-9-22/h3-19,28H,1-2H3. The Kier molecular flexibility index (Phi) is 7.67. The second kappa shape index (κ2) is 10.8. The van der Waals surface area contributed by atoms with E-state index in [2.05, 4.69) is 35.3 Å². The van der Waals surface area contributed by atoms with Crippen LogP contribution in [0.3, 0.4) is 0 Å². The molecule has 0 saturated heterocycles. The summed E-state index contributed by atoms with van der Waals surface area (Å²) < 4.78 is 6.75. The molecular weight excluding hydrogens is 448 g/mol. The summed E-state index contributed by atoms with van der Waals surface area (Å²) in [6.07, 6.45) is 5.50. The summed E-state index contributed by atoms with van der Waals surface area (Å²) in [4.78, 5) is 4.57. The van der Waals surface area contributed by atoms with Crippen LogP contribution >= 0.6 is 23.2 Å². The van der Waals surface area contributed by atoms with E-state index in [1.807, 2.05) is 80.6 Å². The van der Waals surface area contributed by atoms with Gasteiger partial charge >= 0.3 is 6.92 Å². The van der Waals surface area contributed by atoms with Gasteiger partial charge in [0.2, 0.25) is 0 Å². The number of nitrogens with zero attached hydrogens (tertiary/aromatic N) is 1. The van der Waals surface area contributed by atoms with Gasteiger partial charge in [0.25, 0.3) is 0 Å². The number of rotatable bonds is 7. The van der Waals surface area contributed by atoms with Gasteiger partial charge in [-0.2, -0.15) is 0 Å². The van der Waals surface area contributed by atoms with Crippen LogP contribution in [0.15, 0.2) is 97.2 Å². The highest BCUT2D eigenvalue weighted by molar-refractivity contribution is 6.80. The summed E-state index contributed by atoms with van der Waals surface area (Å²) in [6, 6.07) is 28.1. The summed E-state index contributed by atoms with van der Waals surface area (Å²) in [6.45, 7) is 3.60. The zero-order chi connectivity index (χ0) is 23.2.